The van der Waals surface area contributed by atoms with E-state index in [0.29, 0.717) is 26.7 Å². The van der Waals surface area contributed by atoms with Crippen LogP contribution in [0.1, 0.15) is 27.0 Å². The van der Waals surface area contributed by atoms with Gasteiger partial charge in [-0.1, -0.05) is 35.0 Å². The average molecular weight is 461 g/mol. The van der Waals surface area contributed by atoms with Crippen molar-refractivity contribution in [2.24, 2.45) is 4.36 Å². The van der Waals surface area contributed by atoms with Crippen molar-refractivity contribution in [2.45, 2.75) is 11.8 Å². The molecule has 0 saturated carbocycles. The number of rotatable bonds is 2. The zero-order chi connectivity index (χ0) is 21.9. The fourth-order valence-electron chi connectivity index (χ4n) is 2.50. The summed E-state index contributed by atoms with van der Waals surface area (Å²) in [5.74, 6) is 4.77. The molecule has 1 heterocycles. The summed E-state index contributed by atoms with van der Waals surface area (Å²) < 4.78 is 30.2. The summed E-state index contributed by atoms with van der Waals surface area (Å²) in [6.45, 7) is 1.65. The van der Waals surface area contributed by atoms with Crippen LogP contribution in [0.5, 0.6) is 0 Å². The molecule has 152 valence electrons. The summed E-state index contributed by atoms with van der Waals surface area (Å²) in [5, 5.41) is 0.592. The second-order valence-corrected chi connectivity index (χ2v) is 9.61. The Morgan fingerprint density at radius 1 is 1.03 bits per heavy atom. The normalized spacial score (nSPS) is 12.4. The lowest BCUT2D eigenvalue weighted by atomic mass is 10.1. The Morgan fingerprint density at radius 3 is 2.37 bits per heavy atom. The van der Waals surface area contributed by atoms with Gasteiger partial charge in [0.1, 0.15) is 5.82 Å². The van der Waals surface area contributed by atoms with Crippen molar-refractivity contribution in [1.29, 1.82) is 0 Å². The first kappa shape index (κ1) is 22.0. The van der Waals surface area contributed by atoms with Crippen molar-refractivity contribution in [1.82, 2.24) is 4.98 Å². The maximum atomic E-state index is 13.4. The van der Waals surface area contributed by atoms with Crippen LogP contribution in [-0.4, -0.2) is 21.4 Å². The maximum Gasteiger partial charge on any atom is 0.286 e. The third-order valence-corrected chi connectivity index (χ3v) is 6.09. The van der Waals surface area contributed by atoms with Crippen molar-refractivity contribution in [2.75, 3.05) is 6.26 Å². The Morgan fingerprint density at radius 2 is 1.70 bits per heavy atom. The Balaban J connectivity index is 1.91. The lowest BCUT2D eigenvalue weighted by molar-refractivity contribution is 0.100. The van der Waals surface area contributed by atoms with E-state index in [2.05, 4.69) is 21.2 Å². The van der Waals surface area contributed by atoms with Crippen molar-refractivity contribution in [3.8, 4) is 11.8 Å². The van der Waals surface area contributed by atoms with E-state index in [0.717, 1.165) is 0 Å². The van der Waals surface area contributed by atoms with Crippen LogP contribution in [0.15, 0.2) is 64.1 Å². The Hall–Kier alpha value is -2.72. The van der Waals surface area contributed by atoms with E-state index in [1.807, 2.05) is 0 Å². The SMILES string of the molecule is Cc1cc(C#Cc2cncc(C(=O)N=S(C)(=O)c3cc(Cl)cc(Cl)c3)c2)ccc1F. The molecule has 0 radical (unpaired) electrons. The van der Waals surface area contributed by atoms with Crippen LogP contribution in [0.25, 0.3) is 0 Å². The molecule has 1 unspecified atom stereocenters. The third kappa shape index (κ3) is 5.45. The van der Waals surface area contributed by atoms with Crippen molar-refractivity contribution >= 4 is 38.8 Å². The predicted octanol–water partition coefficient (Wildman–Crippen LogP) is 5.53. The highest BCUT2D eigenvalue weighted by Crippen LogP contribution is 2.23. The average Bonchev–Trinajstić information content (AvgIpc) is 2.68. The molecule has 2 aromatic carbocycles. The molecular weight excluding hydrogens is 446 g/mol. The minimum Gasteiger partial charge on any atom is -0.266 e. The van der Waals surface area contributed by atoms with Crippen LogP contribution < -0.4 is 0 Å². The lowest BCUT2D eigenvalue weighted by Gasteiger charge is -2.05. The van der Waals surface area contributed by atoms with Gasteiger partial charge in [0.25, 0.3) is 5.91 Å². The van der Waals surface area contributed by atoms with E-state index in [4.69, 9.17) is 23.2 Å². The molecule has 1 atom stereocenters. The van der Waals surface area contributed by atoms with Gasteiger partial charge in [-0.2, -0.15) is 4.36 Å². The molecule has 0 aliphatic heterocycles. The van der Waals surface area contributed by atoms with Gasteiger partial charge in [-0.05, 0) is 55.0 Å². The number of aryl methyl sites for hydroxylation is 1. The number of hydrogen-bond donors (Lipinski definition) is 0. The molecule has 8 heteroatoms. The Kier molecular flexibility index (Phi) is 6.57. The molecule has 3 aromatic rings. The third-order valence-electron chi connectivity index (χ3n) is 4.02. The van der Waals surface area contributed by atoms with Gasteiger partial charge in [0.2, 0.25) is 0 Å². The summed E-state index contributed by atoms with van der Waals surface area (Å²) in [5.41, 5.74) is 1.72. The summed E-state index contributed by atoms with van der Waals surface area (Å²) >= 11 is 11.9. The maximum absolute atomic E-state index is 13.4. The zero-order valence-corrected chi connectivity index (χ0v) is 18.3. The minimum atomic E-state index is -3.07. The Labute approximate surface area is 184 Å². The fraction of sp³-hybridized carbons (Fsp3) is 0.0909. The summed E-state index contributed by atoms with van der Waals surface area (Å²) in [6.07, 6.45) is 4.14. The highest BCUT2D eigenvalue weighted by atomic mass is 35.5. The summed E-state index contributed by atoms with van der Waals surface area (Å²) in [6, 6.07) is 10.4. The number of hydrogen-bond acceptors (Lipinski definition) is 3. The van der Waals surface area contributed by atoms with Gasteiger partial charge >= 0.3 is 0 Å². The minimum absolute atomic E-state index is 0.139. The Bertz CT molecular complexity index is 1320. The van der Waals surface area contributed by atoms with Gasteiger partial charge < -0.3 is 0 Å². The summed E-state index contributed by atoms with van der Waals surface area (Å²) in [7, 11) is -3.07. The summed E-state index contributed by atoms with van der Waals surface area (Å²) in [4.78, 5) is 16.8. The molecule has 3 rings (SSSR count). The van der Waals surface area contributed by atoms with Crippen LogP contribution in [0.2, 0.25) is 10.0 Å². The first-order chi connectivity index (χ1) is 14.1. The van der Waals surface area contributed by atoms with Crippen molar-refractivity contribution in [3.05, 3.63) is 93.0 Å². The second-order valence-electron chi connectivity index (χ2n) is 6.48. The highest BCUT2D eigenvalue weighted by molar-refractivity contribution is 7.93. The van der Waals surface area contributed by atoms with Gasteiger partial charge in [-0.3, -0.25) is 9.78 Å². The molecular formula is C22H15Cl2FN2O2S. The number of benzene rings is 2. The largest absolute Gasteiger partial charge is 0.286 e. The predicted molar refractivity (Wildman–Crippen MR) is 117 cm³/mol. The van der Waals surface area contributed by atoms with E-state index >= 15 is 0 Å². The van der Waals surface area contributed by atoms with E-state index in [9.17, 15) is 13.4 Å². The van der Waals surface area contributed by atoms with Gasteiger partial charge in [0.15, 0.2) is 0 Å². The van der Waals surface area contributed by atoms with Crippen LogP contribution in [0, 0.1) is 24.6 Å². The number of pyridine rings is 1. The second kappa shape index (κ2) is 8.97. The number of carbonyl (C=O) groups excluding carboxylic acids is 1. The molecule has 0 spiro atoms. The van der Waals surface area contributed by atoms with Crippen LogP contribution >= 0.6 is 23.2 Å². The number of nitrogens with zero attached hydrogens (tertiary/aromatic N) is 2. The first-order valence-electron chi connectivity index (χ1n) is 8.60. The highest BCUT2D eigenvalue weighted by Gasteiger charge is 2.13. The van der Waals surface area contributed by atoms with Crippen LogP contribution in [0.4, 0.5) is 4.39 Å². The quantitative estimate of drug-likeness (QED) is 0.472. The van der Waals surface area contributed by atoms with Gasteiger partial charge in [-0.25, -0.2) is 8.60 Å². The molecule has 30 heavy (non-hydrogen) atoms. The van der Waals surface area contributed by atoms with E-state index in [-0.39, 0.29) is 16.3 Å². The van der Waals surface area contributed by atoms with Gasteiger partial charge in [0, 0.05) is 39.8 Å². The molecule has 0 aliphatic rings. The monoisotopic (exact) mass is 460 g/mol. The van der Waals surface area contributed by atoms with Crippen molar-refractivity contribution < 1.29 is 13.4 Å². The molecule has 0 aliphatic carbocycles. The topological polar surface area (TPSA) is 59.4 Å². The van der Waals surface area contributed by atoms with E-state index in [1.165, 1.54) is 49.0 Å². The molecule has 1 aromatic heterocycles. The van der Waals surface area contributed by atoms with Crippen LogP contribution in [0.3, 0.4) is 0 Å². The lowest BCUT2D eigenvalue weighted by Crippen LogP contribution is -2.04. The van der Waals surface area contributed by atoms with Gasteiger partial charge in [0.05, 0.1) is 20.2 Å². The zero-order valence-electron chi connectivity index (χ0n) is 15.9. The number of halogens is 3. The van der Waals surface area contributed by atoms with Crippen LogP contribution in [-0.2, 0) is 9.73 Å². The van der Waals surface area contributed by atoms with Gasteiger partial charge in [-0.15, -0.1) is 0 Å². The molecule has 0 fully saturated rings. The molecule has 1 amide bonds. The fourth-order valence-corrected chi connectivity index (χ4v) is 4.38. The molecule has 0 N–H and O–H groups in total. The standard InChI is InChI=1S/C22H15Cl2FN2O2S/c1-14-7-15(5-6-21(14)25)3-4-16-8-17(13-26-12-16)22(28)27-30(2,29)20-10-18(23)9-19(24)11-20/h5-13H,1-2H3. The molecule has 0 saturated heterocycles. The smallest absolute Gasteiger partial charge is 0.266 e. The molecule has 0 bridgehead atoms. The van der Waals surface area contributed by atoms with Crippen molar-refractivity contribution in [3.63, 3.8) is 0 Å². The first-order valence-corrected chi connectivity index (χ1v) is 11.3. The number of carbonyl (C=O) groups is 1. The number of amides is 1. The van der Waals surface area contributed by atoms with E-state index < -0.39 is 15.6 Å². The van der Waals surface area contributed by atoms with E-state index in [1.54, 1.807) is 19.1 Å². The molecule has 4 nitrogen and oxygen atoms in total. The number of aromatic nitrogens is 1.